The number of benzene rings is 1. The summed E-state index contributed by atoms with van der Waals surface area (Å²) >= 11 is 3.41. The third-order valence-corrected chi connectivity index (χ3v) is 2.99. The highest BCUT2D eigenvalue weighted by atomic mass is 79.9. The summed E-state index contributed by atoms with van der Waals surface area (Å²) in [5, 5.41) is 12.0. The van der Waals surface area contributed by atoms with E-state index in [1.165, 1.54) is 0 Å². The number of carboxylic acid groups (broad SMARTS) is 1. The van der Waals surface area contributed by atoms with Crippen molar-refractivity contribution in [3.8, 4) is 0 Å². The average Bonchev–Trinajstić information content (AvgIpc) is 2.25. The van der Waals surface area contributed by atoms with Crippen LogP contribution in [0.25, 0.3) is 0 Å². The van der Waals surface area contributed by atoms with Gasteiger partial charge in [0.15, 0.2) is 0 Å². The summed E-state index contributed by atoms with van der Waals surface area (Å²) in [6.07, 6.45) is 0. The highest BCUT2D eigenvalue weighted by molar-refractivity contribution is 9.10. The van der Waals surface area contributed by atoms with Crippen molar-refractivity contribution in [3.63, 3.8) is 0 Å². The molecule has 0 aliphatic rings. The number of hydrogen-bond acceptors (Lipinski definition) is 2. The van der Waals surface area contributed by atoms with Gasteiger partial charge in [0.2, 0.25) is 0 Å². The molecule has 0 heterocycles. The van der Waals surface area contributed by atoms with Crippen LogP contribution in [0, 0.1) is 5.92 Å². The van der Waals surface area contributed by atoms with Gasteiger partial charge < -0.3 is 10.4 Å². The van der Waals surface area contributed by atoms with Crippen LogP contribution in [0.4, 0.5) is 0 Å². The molecule has 16 heavy (non-hydrogen) atoms. The van der Waals surface area contributed by atoms with E-state index in [4.69, 9.17) is 5.11 Å². The largest absolute Gasteiger partial charge is 0.481 e. The number of hydrogen-bond donors (Lipinski definition) is 2. The fourth-order valence-electron chi connectivity index (χ4n) is 1.33. The van der Waals surface area contributed by atoms with Gasteiger partial charge in [0.05, 0.1) is 5.92 Å². The Morgan fingerprint density at radius 1 is 1.50 bits per heavy atom. The van der Waals surface area contributed by atoms with Crippen LogP contribution in [0.3, 0.4) is 0 Å². The van der Waals surface area contributed by atoms with Crippen molar-refractivity contribution in [1.29, 1.82) is 0 Å². The van der Waals surface area contributed by atoms with Gasteiger partial charge >= 0.3 is 5.97 Å². The lowest BCUT2D eigenvalue weighted by molar-refractivity contribution is -0.140. The number of aliphatic carboxylic acids is 1. The molecule has 4 heteroatoms. The van der Waals surface area contributed by atoms with E-state index in [-0.39, 0.29) is 12.0 Å². The van der Waals surface area contributed by atoms with Crippen LogP contribution in [-0.2, 0) is 4.79 Å². The Morgan fingerprint density at radius 2 is 2.19 bits per heavy atom. The lowest BCUT2D eigenvalue weighted by Crippen LogP contribution is -2.28. The Hall–Kier alpha value is -0.870. The first-order valence-corrected chi connectivity index (χ1v) is 6.01. The Kier molecular flexibility index (Phi) is 4.96. The van der Waals surface area contributed by atoms with Crippen molar-refractivity contribution in [2.75, 3.05) is 6.54 Å². The van der Waals surface area contributed by atoms with Gasteiger partial charge in [-0.05, 0) is 24.6 Å². The molecule has 3 nitrogen and oxygen atoms in total. The first-order valence-electron chi connectivity index (χ1n) is 5.22. The topological polar surface area (TPSA) is 49.3 Å². The summed E-state index contributed by atoms with van der Waals surface area (Å²) in [4.78, 5) is 10.7. The van der Waals surface area contributed by atoms with Crippen LogP contribution in [0.5, 0.6) is 0 Å². The van der Waals surface area contributed by atoms with E-state index in [1.807, 2.05) is 31.2 Å². The molecule has 2 atom stereocenters. The predicted octanol–water partition coefficient (Wildman–Crippen LogP) is 2.82. The lowest BCUT2D eigenvalue weighted by atomic mass is 10.1. The van der Waals surface area contributed by atoms with E-state index in [9.17, 15) is 4.79 Å². The fraction of sp³-hybridized carbons (Fsp3) is 0.417. The van der Waals surface area contributed by atoms with E-state index >= 15 is 0 Å². The van der Waals surface area contributed by atoms with Crippen molar-refractivity contribution in [3.05, 3.63) is 34.3 Å². The zero-order valence-corrected chi connectivity index (χ0v) is 11.0. The van der Waals surface area contributed by atoms with Gasteiger partial charge in [-0.2, -0.15) is 0 Å². The van der Waals surface area contributed by atoms with Crippen molar-refractivity contribution in [1.82, 2.24) is 5.32 Å². The summed E-state index contributed by atoms with van der Waals surface area (Å²) in [6.45, 7) is 4.20. The van der Waals surface area contributed by atoms with Crippen molar-refractivity contribution in [2.24, 2.45) is 5.92 Å². The summed E-state index contributed by atoms with van der Waals surface area (Å²) in [7, 11) is 0. The van der Waals surface area contributed by atoms with Gasteiger partial charge in [-0.1, -0.05) is 35.0 Å². The van der Waals surface area contributed by atoms with Crippen LogP contribution >= 0.6 is 15.9 Å². The molecule has 0 aromatic heterocycles. The molecule has 0 saturated heterocycles. The highest BCUT2D eigenvalue weighted by Gasteiger charge is 2.12. The van der Waals surface area contributed by atoms with Crippen molar-refractivity contribution < 1.29 is 9.90 Å². The van der Waals surface area contributed by atoms with Crippen LogP contribution in [0.2, 0.25) is 0 Å². The van der Waals surface area contributed by atoms with Crippen molar-refractivity contribution in [2.45, 2.75) is 19.9 Å². The van der Waals surface area contributed by atoms with Gasteiger partial charge in [-0.25, -0.2) is 0 Å². The van der Waals surface area contributed by atoms with Gasteiger partial charge in [-0.3, -0.25) is 4.79 Å². The standard InChI is InChI=1S/C12H16BrNO2/c1-8(12(15)16)7-14-9(2)10-4-3-5-11(13)6-10/h3-6,8-9,14H,7H2,1-2H3,(H,15,16)/t8?,9-/m0/s1. The van der Waals surface area contributed by atoms with Crippen LogP contribution in [0.15, 0.2) is 28.7 Å². The molecule has 0 amide bonds. The zero-order valence-electron chi connectivity index (χ0n) is 9.40. The number of halogens is 1. The molecule has 0 fully saturated rings. The average molecular weight is 286 g/mol. The van der Waals surface area contributed by atoms with Crippen LogP contribution < -0.4 is 5.32 Å². The zero-order chi connectivity index (χ0) is 12.1. The number of rotatable bonds is 5. The molecule has 0 aliphatic carbocycles. The molecule has 0 saturated carbocycles. The monoisotopic (exact) mass is 285 g/mol. The predicted molar refractivity (Wildman–Crippen MR) is 67.4 cm³/mol. The maximum Gasteiger partial charge on any atom is 0.307 e. The minimum absolute atomic E-state index is 0.152. The van der Waals surface area contributed by atoms with E-state index in [0.29, 0.717) is 6.54 Å². The summed E-state index contributed by atoms with van der Waals surface area (Å²) in [5.41, 5.74) is 1.15. The van der Waals surface area contributed by atoms with Gasteiger partial charge in [0, 0.05) is 17.1 Å². The molecule has 0 aliphatic heterocycles. The molecule has 0 radical (unpaired) electrons. The second-order valence-electron chi connectivity index (χ2n) is 3.92. The Balaban J connectivity index is 2.52. The minimum atomic E-state index is -0.769. The second-order valence-corrected chi connectivity index (χ2v) is 4.84. The molecule has 88 valence electrons. The van der Waals surface area contributed by atoms with Gasteiger partial charge in [-0.15, -0.1) is 0 Å². The molecule has 1 aromatic rings. The molecular weight excluding hydrogens is 270 g/mol. The maximum atomic E-state index is 10.7. The Labute approximate surface area is 104 Å². The third kappa shape index (κ3) is 3.94. The quantitative estimate of drug-likeness (QED) is 0.875. The van der Waals surface area contributed by atoms with Gasteiger partial charge in [0.1, 0.15) is 0 Å². The highest BCUT2D eigenvalue weighted by Crippen LogP contribution is 2.17. The number of carboxylic acids is 1. The van der Waals surface area contributed by atoms with E-state index < -0.39 is 5.97 Å². The molecule has 2 N–H and O–H groups in total. The number of carbonyl (C=O) groups is 1. The Bertz CT molecular complexity index is 368. The van der Waals surface area contributed by atoms with E-state index in [2.05, 4.69) is 21.2 Å². The molecule has 1 aromatic carbocycles. The molecule has 0 bridgehead atoms. The van der Waals surface area contributed by atoms with E-state index in [1.54, 1.807) is 6.92 Å². The van der Waals surface area contributed by atoms with Crippen molar-refractivity contribution >= 4 is 21.9 Å². The Morgan fingerprint density at radius 3 is 2.75 bits per heavy atom. The minimum Gasteiger partial charge on any atom is -0.481 e. The van der Waals surface area contributed by atoms with Crippen LogP contribution in [0.1, 0.15) is 25.5 Å². The molecule has 1 unspecified atom stereocenters. The second kappa shape index (κ2) is 6.01. The first-order chi connectivity index (χ1) is 7.50. The SMILES string of the molecule is CC(CN[C@@H](C)c1cccc(Br)c1)C(=O)O. The lowest BCUT2D eigenvalue weighted by Gasteiger charge is -2.16. The third-order valence-electron chi connectivity index (χ3n) is 2.50. The van der Waals surface area contributed by atoms with E-state index in [0.717, 1.165) is 10.0 Å². The maximum absolute atomic E-state index is 10.7. The smallest absolute Gasteiger partial charge is 0.307 e. The fourth-order valence-corrected chi connectivity index (χ4v) is 1.75. The first kappa shape index (κ1) is 13.2. The number of nitrogens with one attached hydrogen (secondary N) is 1. The normalized spacial score (nSPS) is 14.4. The van der Waals surface area contributed by atoms with Crippen LogP contribution in [-0.4, -0.2) is 17.6 Å². The summed E-state index contributed by atoms with van der Waals surface area (Å²) < 4.78 is 1.03. The molecule has 1 rings (SSSR count). The molecular formula is C12H16BrNO2. The van der Waals surface area contributed by atoms with Gasteiger partial charge in [0.25, 0.3) is 0 Å². The summed E-state index contributed by atoms with van der Waals surface area (Å²) in [5.74, 6) is -1.14. The summed E-state index contributed by atoms with van der Waals surface area (Å²) in [6, 6.07) is 8.14. The molecule has 0 spiro atoms.